The van der Waals surface area contributed by atoms with E-state index in [1.54, 1.807) is 6.07 Å². The Morgan fingerprint density at radius 2 is 1.74 bits per heavy atom. The van der Waals surface area contributed by atoms with E-state index >= 15 is 0 Å². The molecule has 0 aromatic heterocycles. The minimum absolute atomic E-state index is 0.334. The summed E-state index contributed by atoms with van der Waals surface area (Å²) in [6.07, 6.45) is 0. The van der Waals surface area contributed by atoms with Gasteiger partial charge in [0.2, 0.25) is 5.91 Å². The van der Waals surface area contributed by atoms with Crippen LogP contribution in [0, 0.1) is 13.8 Å². The van der Waals surface area contributed by atoms with Gasteiger partial charge in [0.05, 0.1) is 11.7 Å². The number of fused-ring (bicyclic) bond motifs is 1. The van der Waals surface area contributed by atoms with E-state index in [0.717, 1.165) is 25.3 Å². The Hall–Kier alpha value is -2.78. The molecule has 2 aromatic rings. The fourth-order valence-corrected chi connectivity index (χ4v) is 4.43. The molecule has 1 atom stereocenters. The fourth-order valence-electron chi connectivity index (χ4n) is 3.31. The van der Waals surface area contributed by atoms with E-state index in [1.807, 2.05) is 51.1 Å². The van der Waals surface area contributed by atoms with Crippen molar-refractivity contribution in [3.63, 3.8) is 0 Å². The number of carbonyl (C=O) groups excluding carboxylic acids is 1. The van der Waals surface area contributed by atoms with Crippen molar-refractivity contribution in [2.45, 2.75) is 26.8 Å². The average Bonchev–Trinajstić information content (AvgIpc) is 2.73. The molecular weight excluding hydrogens is 418 g/mol. The highest BCUT2D eigenvalue weighted by Gasteiger charge is 2.29. The Morgan fingerprint density at radius 1 is 1.06 bits per heavy atom. The third-order valence-electron chi connectivity index (χ3n) is 5.10. The van der Waals surface area contributed by atoms with Gasteiger partial charge >= 0.3 is 10.2 Å². The monoisotopic (exact) mass is 447 g/mol. The molecular formula is C22H29N3O5S. The van der Waals surface area contributed by atoms with Crippen LogP contribution in [0.5, 0.6) is 11.5 Å². The molecule has 1 N–H and O–H groups in total. The third-order valence-corrected chi connectivity index (χ3v) is 6.91. The van der Waals surface area contributed by atoms with Crippen molar-refractivity contribution in [1.29, 1.82) is 0 Å². The van der Waals surface area contributed by atoms with Crippen LogP contribution in [0.3, 0.4) is 0 Å². The maximum Gasteiger partial charge on any atom is 0.304 e. The van der Waals surface area contributed by atoms with Gasteiger partial charge in [0.15, 0.2) is 11.5 Å². The molecule has 0 aliphatic carbocycles. The topological polar surface area (TPSA) is 88.2 Å². The summed E-state index contributed by atoms with van der Waals surface area (Å²) in [5.74, 6) is 0.900. The first-order chi connectivity index (χ1) is 14.6. The lowest BCUT2D eigenvalue weighted by Crippen LogP contribution is -2.46. The fraction of sp³-hybridized carbons (Fsp3) is 0.409. The van der Waals surface area contributed by atoms with E-state index in [1.165, 1.54) is 14.1 Å². The zero-order valence-corrected chi connectivity index (χ0v) is 19.3. The van der Waals surface area contributed by atoms with E-state index in [4.69, 9.17) is 9.47 Å². The second-order valence-electron chi connectivity index (χ2n) is 7.78. The Bertz CT molecular complexity index is 1070. The van der Waals surface area contributed by atoms with Gasteiger partial charge in [-0.2, -0.15) is 12.7 Å². The van der Waals surface area contributed by atoms with Gasteiger partial charge in [0.25, 0.3) is 0 Å². The number of nitrogens with one attached hydrogen (secondary N) is 1. The Kier molecular flexibility index (Phi) is 6.76. The number of benzene rings is 2. The Morgan fingerprint density at radius 3 is 2.42 bits per heavy atom. The molecule has 168 valence electrons. The first-order valence-corrected chi connectivity index (χ1v) is 11.5. The summed E-state index contributed by atoms with van der Waals surface area (Å²) in [5.41, 5.74) is 3.00. The van der Waals surface area contributed by atoms with Crippen LogP contribution in [0.25, 0.3) is 0 Å². The molecule has 1 aliphatic heterocycles. The lowest BCUT2D eigenvalue weighted by molar-refractivity contribution is -0.120. The lowest BCUT2D eigenvalue weighted by atomic mass is 10.1. The van der Waals surface area contributed by atoms with Gasteiger partial charge in [-0.25, -0.2) is 4.31 Å². The normalized spacial score (nSPS) is 14.3. The first kappa shape index (κ1) is 22.9. The number of aryl methyl sites for hydroxylation is 2. The quantitative estimate of drug-likeness (QED) is 0.705. The number of anilines is 1. The summed E-state index contributed by atoms with van der Waals surface area (Å²) >= 11 is 0. The van der Waals surface area contributed by atoms with Crippen LogP contribution in [0.1, 0.15) is 29.7 Å². The molecule has 1 unspecified atom stereocenters. The van der Waals surface area contributed by atoms with Crippen LogP contribution in [-0.4, -0.2) is 52.5 Å². The van der Waals surface area contributed by atoms with Crippen molar-refractivity contribution in [2.75, 3.05) is 38.2 Å². The summed E-state index contributed by atoms with van der Waals surface area (Å²) in [6, 6.07) is 10.7. The molecule has 8 nitrogen and oxygen atoms in total. The molecule has 1 aliphatic rings. The standard InChI is InChI=1S/C22H29N3O5S/c1-15-6-7-16(2)19(12-15)25(31(27,28)24(4)5)14-22(26)23-17(3)18-8-9-20-21(13-18)30-11-10-29-20/h6-9,12-13,17H,10-11,14H2,1-5H3,(H,23,26). The zero-order chi connectivity index (χ0) is 22.8. The van der Waals surface area contributed by atoms with Gasteiger partial charge in [0, 0.05) is 14.1 Å². The minimum Gasteiger partial charge on any atom is -0.486 e. The maximum absolute atomic E-state index is 13.0. The second kappa shape index (κ2) is 9.15. The number of ether oxygens (including phenoxy) is 2. The van der Waals surface area contributed by atoms with Crippen molar-refractivity contribution in [1.82, 2.24) is 9.62 Å². The van der Waals surface area contributed by atoms with Gasteiger partial charge < -0.3 is 14.8 Å². The van der Waals surface area contributed by atoms with Crippen LogP contribution < -0.4 is 19.1 Å². The number of amides is 1. The highest BCUT2D eigenvalue weighted by molar-refractivity contribution is 7.90. The SMILES string of the molecule is Cc1ccc(C)c(N(CC(=O)NC(C)c2ccc3c(c2)OCCO3)S(=O)(=O)N(C)C)c1. The summed E-state index contributed by atoms with van der Waals surface area (Å²) in [6.45, 7) is 6.19. The average molecular weight is 448 g/mol. The molecule has 0 radical (unpaired) electrons. The van der Waals surface area contributed by atoms with E-state index in [2.05, 4.69) is 5.32 Å². The molecule has 0 saturated heterocycles. The number of rotatable bonds is 7. The number of hydrogen-bond acceptors (Lipinski definition) is 5. The van der Waals surface area contributed by atoms with Crippen LogP contribution in [-0.2, 0) is 15.0 Å². The second-order valence-corrected chi connectivity index (χ2v) is 9.85. The van der Waals surface area contributed by atoms with Gasteiger partial charge in [-0.05, 0) is 55.7 Å². The van der Waals surface area contributed by atoms with Crippen molar-refractivity contribution in [3.05, 3.63) is 53.1 Å². The summed E-state index contributed by atoms with van der Waals surface area (Å²) in [5, 5.41) is 2.89. The van der Waals surface area contributed by atoms with E-state index < -0.39 is 16.1 Å². The number of carbonyl (C=O) groups is 1. The van der Waals surface area contributed by atoms with Gasteiger partial charge in [-0.3, -0.25) is 4.79 Å². The van der Waals surface area contributed by atoms with Gasteiger partial charge in [-0.1, -0.05) is 18.2 Å². The number of nitrogens with zero attached hydrogens (tertiary/aromatic N) is 2. The van der Waals surface area contributed by atoms with E-state index in [-0.39, 0.29) is 12.6 Å². The minimum atomic E-state index is -3.87. The largest absolute Gasteiger partial charge is 0.486 e. The van der Waals surface area contributed by atoms with Crippen LogP contribution >= 0.6 is 0 Å². The van der Waals surface area contributed by atoms with Gasteiger partial charge in [0.1, 0.15) is 19.8 Å². The van der Waals surface area contributed by atoms with E-state index in [9.17, 15) is 13.2 Å². The van der Waals surface area contributed by atoms with Crippen molar-refractivity contribution in [2.24, 2.45) is 0 Å². The molecule has 0 spiro atoms. The predicted octanol–water partition coefficient (Wildman–Crippen LogP) is 2.56. The summed E-state index contributed by atoms with van der Waals surface area (Å²) in [7, 11) is -0.974. The molecule has 1 amide bonds. The van der Waals surface area contributed by atoms with Crippen molar-refractivity contribution < 1.29 is 22.7 Å². The third kappa shape index (κ3) is 5.11. The molecule has 3 rings (SSSR count). The molecule has 2 aromatic carbocycles. The molecule has 0 saturated carbocycles. The zero-order valence-electron chi connectivity index (χ0n) is 18.5. The molecule has 0 bridgehead atoms. The molecule has 0 fully saturated rings. The van der Waals surface area contributed by atoms with Crippen LogP contribution in [0.15, 0.2) is 36.4 Å². The Labute approximate surface area is 183 Å². The molecule has 1 heterocycles. The number of hydrogen-bond donors (Lipinski definition) is 1. The van der Waals surface area contributed by atoms with E-state index in [0.29, 0.717) is 30.4 Å². The Balaban J connectivity index is 1.81. The summed E-state index contributed by atoms with van der Waals surface area (Å²) in [4.78, 5) is 12.9. The van der Waals surface area contributed by atoms with Crippen LogP contribution in [0.2, 0.25) is 0 Å². The van der Waals surface area contributed by atoms with Crippen molar-refractivity contribution >= 4 is 21.8 Å². The maximum atomic E-state index is 13.0. The molecule has 9 heteroatoms. The summed E-state index contributed by atoms with van der Waals surface area (Å²) < 4.78 is 39.4. The highest BCUT2D eigenvalue weighted by atomic mass is 32.2. The molecule has 31 heavy (non-hydrogen) atoms. The van der Waals surface area contributed by atoms with Crippen LogP contribution in [0.4, 0.5) is 5.69 Å². The first-order valence-electron chi connectivity index (χ1n) is 10.1. The van der Waals surface area contributed by atoms with Crippen molar-refractivity contribution in [3.8, 4) is 11.5 Å². The smallest absolute Gasteiger partial charge is 0.304 e. The lowest BCUT2D eigenvalue weighted by Gasteiger charge is -2.29. The highest BCUT2D eigenvalue weighted by Crippen LogP contribution is 2.32. The predicted molar refractivity (Wildman–Crippen MR) is 120 cm³/mol. The van der Waals surface area contributed by atoms with Gasteiger partial charge in [-0.15, -0.1) is 0 Å².